The lowest BCUT2D eigenvalue weighted by atomic mass is 10.0. The van der Waals surface area contributed by atoms with Gasteiger partial charge in [0.2, 0.25) is 0 Å². The molecule has 2 unspecified atom stereocenters. The van der Waals surface area contributed by atoms with Gasteiger partial charge in [0, 0.05) is 29.9 Å². The van der Waals surface area contributed by atoms with Gasteiger partial charge >= 0.3 is 6.03 Å². The van der Waals surface area contributed by atoms with Crippen LogP contribution in [0.1, 0.15) is 51.1 Å². The fourth-order valence-corrected chi connectivity index (χ4v) is 6.34. The number of ether oxygens (including phenoxy) is 1. The number of amides is 2. The van der Waals surface area contributed by atoms with Crippen LogP contribution >= 0.6 is 10.6 Å². The molecule has 1 saturated heterocycles. The van der Waals surface area contributed by atoms with Gasteiger partial charge in [0.15, 0.2) is 5.82 Å². The molecule has 0 aliphatic carbocycles. The van der Waals surface area contributed by atoms with Crippen LogP contribution in [-0.2, 0) is 9.48 Å². The van der Waals surface area contributed by atoms with Crippen LogP contribution in [0.4, 0.5) is 16.3 Å². The highest BCUT2D eigenvalue weighted by molar-refractivity contribution is 8.25. The van der Waals surface area contributed by atoms with E-state index in [0.29, 0.717) is 43.5 Å². The summed E-state index contributed by atoms with van der Waals surface area (Å²) >= 11 is 0. The number of urea groups is 1. The van der Waals surface area contributed by atoms with Crippen LogP contribution in [0.15, 0.2) is 24.3 Å². The SMILES string of the molecule is CCNC(=O)Nc1ccc(-c2nc(N3CCOCC3C)c3c(n2)C(C)(C)S(O)(O)C3C)cc1. The van der Waals surface area contributed by atoms with E-state index in [1.165, 1.54) is 0 Å². The molecule has 4 N–H and O–H groups in total. The topological polar surface area (TPSA) is 120 Å². The lowest BCUT2D eigenvalue weighted by Crippen LogP contribution is -2.44. The number of fused-ring (bicyclic) bond motifs is 1. The fraction of sp³-hybridized carbons (Fsp3) is 0.522. The van der Waals surface area contributed by atoms with E-state index in [-0.39, 0.29) is 12.1 Å². The summed E-state index contributed by atoms with van der Waals surface area (Å²) in [6.07, 6.45) is 0. The molecule has 1 aromatic carbocycles. The van der Waals surface area contributed by atoms with Crippen LogP contribution < -0.4 is 15.5 Å². The zero-order chi connectivity index (χ0) is 24.0. The number of hydrogen-bond acceptors (Lipinski definition) is 7. The van der Waals surface area contributed by atoms with E-state index >= 15 is 0 Å². The molecule has 180 valence electrons. The Kier molecular flexibility index (Phi) is 6.30. The molecular formula is C23H33N5O4S. The Morgan fingerprint density at radius 3 is 2.58 bits per heavy atom. The number of carbonyl (C=O) groups excluding carboxylic acids is 1. The molecule has 1 fully saturated rings. The van der Waals surface area contributed by atoms with Gasteiger partial charge in [-0.1, -0.05) is 0 Å². The van der Waals surface area contributed by atoms with Crippen molar-refractivity contribution in [2.24, 2.45) is 0 Å². The van der Waals surface area contributed by atoms with Crippen molar-refractivity contribution >= 4 is 28.1 Å². The predicted octanol–water partition coefficient (Wildman–Crippen LogP) is 4.57. The third kappa shape index (κ3) is 4.05. The molecule has 1 aromatic heterocycles. The van der Waals surface area contributed by atoms with Crippen LogP contribution in [0.3, 0.4) is 0 Å². The summed E-state index contributed by atoms with van der Waals surface area (Å²) in [6, 6.07) is 7.17. The zero-order valence-electron chi connectivity index (χ0n) is 19.8. The summed E-state index contributed by atoms with van der Waals surface area (Å²) < 4.78 is 26.9. The molecule has 9 nitrogen and oxygen atoms in total. The molecule has 0 bridgehead atoms. The molecule has 2 amide bonds. The number of hydrogen-bond donors (Lipinski definition) is 4. The van der Waals surface area contributed by atoms with Crippen LogP contribution in [0.2, 0.25) is 0 Å². The van der Waals surface area contributed by atoms with Crippen molar-refractivity contribution in [3.05, 3.63) is 35.5 Å². The first kappa shape index (κ1) is 23.7. The molecule has 2 aromatic rings. The monoisotopic (exact) mass is 475 g/mol. The van der Waals surface area contributed by atoms with Gasteiger partial charge in [0.05, 0.1) is 34.9 Å². The van der Waals surface area contributed by atoms with Gasteiger partial charge in [-0.25, -0.2) is 14.8 Å². The van der Waals surface area contributed by atoms with Crippen LogP contribution in [-0.4, -0.2) is 57.4 Å². The van der Waals surface area contributed by atoms with E-state index < -0.39 is 20.6 Å². The van der Waals surface area contributed by atoms with Crippen molar-refractivity contribution in [1.82, 2.24) is 15.3 Å². The highest BCUT2D eigenvalue weighted by atomic mass is 32.3. The van der Waals surface area contributed by atoms with E-state index in [0.717, 1.165) is 16.9 Å². The fourth-order valence-electron chi connectivity index (χ4n) is 4.47. The zero-order valence-corrected chi connectivity index (χ0v) is 20.6. The van der Waals surface area contributed by atoms with Crippen LogP contribution in [0, 0.1) is 0 Å². The summed E-state index contributed by atoms with van der Waals surface area (Å²) in [5.74, 6) is 1.26. The van der Waals surface area contributed by atoms with Crippen molar-refractivity contribution in [2.75, 3.05) is 36.5 Å². The highest BCUT2D eigenvalue weighted by Gasteiger charge is 2.52. The molecular weight excluding hydrogens is 442 g/mol. The number of morpholine rings is 1. The minimum absolute atomic E-state index is 0.104. The number of rotatable bonds is 4. The Morgan fingerprint density at radius 1 is 1.24 bits per heavy atom. The van der Waals surface area contributed by atoms with Crippen molar-refractivity contribution < 1.29 is 18.6 Å². The number of nitrogens with zero attached hydrogens (tertiary/aromatic N) is 3. The first-order chi connectivity index (χ1) is 15.6. The summed E-state index contributed by atoms with van der Waals surface area (Å²) in [5, 5.41) is 5.02. The number of anilines is 2. The number of nitrogens with one attached hydrogen (secondary N) is 2. The molecule has 0 spiro atoms. The Hall–Kier alpha value is -2.40. The molecule has 2 atom stereocenters. The second kappa shape index (κ2) is 8.75. The molecule has 2 aliphatic rings. The Morgan fingerprint density at radius 2 is 1.94 bits per heavy atom. The normalized spacial score (nSPS) is 24.2. The first-order valence-corrected chi connectivity index (χ1v) is 12.9. The second-order valence-corrected chi connectivity index (χ2v) is 12.0. The molecule has 2 aliphatic heterocycles. The Bertz CT molecular complexity index is 1040. The first-order valence-electron chi connectivity index (χ1n) is 11.3. The van der Waals surface area contributed by atoms with Crippen molar-refractivity contribution in [2.45, 2.75) is 50.7 Å². The molecule has 10 heteroatoms. The smallest absolute Gasteiger partial charge is 0.319 e. The Balaban J connectivity index is 1.79. The van der Waals surface area contributed by atoms with Crippen molar-refractivity contribution in [3.8, 4) is 11.4 Å². The van der Waals surface area contributed by atoms with Gasteiger partial charge in [-0.3, -0.25) is 9.11 Å². The van der Waals surface area contributed by atoms with Crippen molar-refractivity contribution in [3.63, 3.8) is 0 Å². The van der Waals surface area contributed by atoms with Gasteiger partial charge in [-0.05, 0) is 58.9 Å². The summed E-state index contributed by atoms with van der Waals surface area (Å²) in [6.45, 7) is 11.9. The average Bonchev–Trinajstić information content (AvgIpc) is 2.91. The van der Waals surface area contributed by atoms with E-state index in [1.807, 2.05) is 39.8 Å². The minimum atomic E-state index is -2.98. The largest absolute Gasteiger partial charge is 0.377 e. The third-order valence-corrected chi connectivity index (χ3v) is 9.44. The maximum atomic E-state index is 11.8. The van der Waals surface area contributed by atoms with Crippen molar-refractivity contribution in [1.29, 1.82) is 0 Å². The molecule has 0 saturated carbocycles. The quantitative estimate of drug-likeness (QED) is 0.511. The van der Waals surface area contributed by atoms with E-state index in [4.69, 9.17) is 14.7 Å². The highest BCUT2D eigenvalue weighted by Crippen LogP contribution is 2.73. The van der Waals surface area contributed by atoms with E-state index in [9.17, 15) is 13.9 Å². The number of aromatic nitrogens is 2. The van der Waals surface area contributed by atoms with Gasteiger partial charge in [0.25, 0.3) is 0 Å². The maximum Gasteiger partial charge on any atom is 0.319 e. The number of carbonyl (C=O) groups is 1. The third-order valence-electron chi connectivity index (χ3n) is 6.52. The molecule has 33 heavy (non-hydrogen) atoms. The summed E-state index contributed by atoms with van der Waals surface area (Å²) in [5.41, 5.74) is 2.94. The maximum absolute atomic E-state index is 11.8. The minimum Gasteiger partial charge on any atom is -0.377 e. The molecule has 4 rings (SSSR count). The van der Waals surface area contributed by atoms with Gasteiger partial charge in [0.1, 0.15) is 5.82 Å². The summed E-state index contributed by atoms with van der Waals surface area (Å²) in [7, 11) is -2.98. The standard InChI is InChI=1S/C23H33N5O4S/c1-6-24-22(29)25-17-9-7-16(8-10-17)20-26-19-18(15(3)33(30,31)23(19,4)5)21(27-20)28-11-12-32-13-14(28)2/h7-10,14-15,30-31H,6,11-13H2,1-5H3,(H2,24,25,29). The van der Waals surface area contributed by atoms with Gasteiger partial charge < -0.3 is 20.3 Å². The number of benzene rings is 1. The van der Waals surface area contributed by atoms with E-state index in [1.54, 1.807) is 12.1 Å². The lowest BCUT2D eigenvalue weighted by molar-refractivity contribution is 0.0984. The predicted molar refractivity (Wildman–Crippen MR) is 132 cm³/mol. The van der Waals surface area contributed by atoms with Crippen LogP contribution in [0.5, 0.6) is 0 Å². The average molecular weight is 476 g/mol. The van der Waals surface area contributed by atoms with E-state index in [2.05, 4.69) is 22.5 Å². The second-order valence-electron chi connectivity index (χ2n) is 9.06. The molecule has 0 radical (unpaired) electrons. The van der Waals surface area contributed by atoms with Crippen LogP contribution in [0.25, 0.3) is 11.4 Å². The van der Waals surface area contributed by atoms with Gasteiger partial charge in [-0.2, -0.15) is 10.6 Å². The molecule has 3 heterocycles. The lowest BCUT2D eigenvalue weighted by Gasteiger charge is -2.43. The van der Waals surface area contributed by atoms with Gasteiger partial charge in [-0.15, -0.1) is 0 Å². The Labute approximate surface area is 196 Å². The summed E-state index contributed by atoms with van der Waals surface area (Å²) in [4.78, 5) is 23.8.